The summed E-state index contributed by atoms with van der Waals surface area (Å²) < 4.78 is 38.0. The lowest BCUT2D eigenvalue weighted by atomic mass is 10.1. The molecule has 31 heavy (non-hydrogen) atoms. The smallest absolute Gasteiger partial charge is 0.253 e. The van der Waals surface area contributed by atoms with Gasteiger partial charge in [-0.2, -0.15) is 4.31 Å². The fraction of sp³-hybridized carbons (Fsp3) is 0.435. The fourth-order valence-corrected chi connectivity index (χ4v) is 5.26. The summed E-state index contributed by atoms with van der Waals surface area (Å²) in [6.45, 7) is 1.55. The van der Waals surface area contributed by atoms with Crippen LogP contribution in [0.15, 0.2) is 47.4 Å². The summed E-state index contributed by atoms with van der Waals surface area (Å²) in [6.07, 6.45) is 3.43. The third kappa shape index (κ3) is 5.37. The Morgan fingerprint density at radius 1 is 1.00 bits per heavy atom. The molecule has 1 saturated heterocycles. The molecule has 0 N–H and O–H groups in total. The Balaban J connectivity index is 1.69. The first-order valence-corrected chi connectivity index (χ1v) is 11.9. The van der Waals surface area contributed by atoms with Gasteiger partial charge in [0.1, 0.15) is 0 Å². The number of piperidine rings is 1. The number of benzene rings is 2. The van der Waals surface area contributed by atoms with Crippen LogP contribution in [0.25, 0.3) is 0 Å². The van der Waals surface area contributed by atoms with Crippen LogP contribution in [0.3, 0.4) is 0 Å². The molecule has 0 bridgehead atoms. The molecule has 0 aliphatic carbocycles. The summed E-state index contributed by atoms with van der Waals surface area (Å²) in [5.74, 6) is 1.09. The third-order valence-electron chi connectivity index (χ3n) is 5.56. The minimum absolute atomic E-state index is 0.175. The van der Waals surface area contributed by atoms with Crippen molar-refractivity contribution in [3.05, 3.63) is 53.6 Å². The third-order valence-corrected chi connectivity index (χ3v) is 7.46. The number of hydrogen-bond donors (Lipinski definition) is 0. The molecule has 0 atom stereocenters. The van der Waals surface area contributed by atoms with Crippen LogP contribution in [-0.4, -0.2) is 64.4 Å². The molecule has 1 aliphatic heterocycles. The van der Waals surface area contributed by atoms with Crippen LogP contribution in [0.2, 0.25) is 0 Å². The van der Waals surface area contributed by atoms with Crippen molar-refractivity contribution in [3.8, 4) is 11.5 Å². The molecule has 168 valence electrons. The van der Waals surface area contributed by atoms with Crippen molar-refractivity contribution < 1.29 is 22.7 Å². The van der Waals surface area contributed by atoms with E-state index in [-0.39, 0.29) is 10.8 Å². The van der Waals surface area contributed by atoms with Gasteiger partial charge in [0.15, 0.2) is 11.5 Å². The Morgan fingerprint density at radius 3 is 2.39 bits per heavy atom. The quantitative estimate of drug-likeness (QED) is 0.623. The number of sulfonamides is 1. The van der Waals surface area contributed by atoms with Crippen LogP contribution in [-0.2, 0) is 16.4 Å². The maximum absolute atomic E-state index is 12.9. The van der Waals surface area contributed by atoms with Crippen LogP contribution >= 0.6 is 0 Å². The van der Waals surface area contributed by atoms with Gasteiger partial charge in [-0.15, -0.1) is 0 Å². The average Bonchev–Trinajstić information content (AvgIpc) is 2.82. The van der Waals surface area contributed by atoms with E-state index in [1.54, 1.807) is 44.4 Å². The van der Waals surface area contributed by atoms with E-state index in [0.717, 1.165) is 24.8 Å². The maximum atomic E-state index is 12.9. The van der Waals surface area contributed by atoms with Crippen molar-refractivity contribution in [2.24, 2.45) is 0 Å². The number of nitrogens with zero attached hydrogens (tertiary/aromatic N) is 2. The second-order valence-corrected chi connectivity index (χ2v) is 9.60. The molecule has 1 fully saturated rings. The highest BCUT2D eigenvalue weighted by Gasteiger charge is 2.26. The van der Waals surface area contributed by atoms with Crippen LogP contribution in [0, 0.1) is 0 Å². The van der Waals surface area contributed by atoms with Gasteiger partial charge >= 0.3 is 0 Å². The lowest BCUT2D eigenvalue weighted by Crippen LogP contribution is -2.35. The first-order valence-electron chi connectivity index (χ1n) is 10.4. The molecule has 1 amide bonds. The number of ether oxygens (including phenoxy) is 2. The number of likely N-dealkylation sites (N-methyl/N-ethyl adjacent to an activating group) is 1. The van der Waals surface area contributed by atoms with E-state index in [1.165, 1.54) is 10.4 Å². The summed E-state index contributed by atoms with van der Waals surface area (Å²) in [5, 5.41) is 0. The van der Waals surface area contributed by atoms with Crippen molar-refractivity contribution in [3.63, 3.8) is 0 Å². The fourth-order valence-electron chi connectivity index (χ4n) is 3.70. The number of carbonyl (C=O) groups is 1. The van der Waals surface area contributed by atoms with E-state index in [9.17, 15) is 13.2 Å². The van der Waals surface area contributed by atoms with E-state index in [2.05, 4.69) is 0 Å². The summed E-state index contributed by atoms with van der Waals surface area (Å²) in [7, 11) is 1.31. The van der Waals surface area contributed by atoms with E-state index >= 15 is 0 Å². The van der Waals surface area contributed by atoms with Crippen LogP contribution in [0.1, 0.15) is 35.2 Å². The molecule has 0 unspecified atom stereocenters. The number of carbonyl (C=O) groups excluding carboxylic acids is 1. The zero-order valence-electron chi connectivity index (χ0n) is 18.3. The second kappa shape index (κ2) is 10.2. The van der Waals surface area contributed by atoms with Gasteiger partial charge in [-0.1, -0.05) is 18.6 Å². The van der Waals surface area contributed by atoms with Crippen molar-refractivity contribution in [1.82, 2.24) is 9.21 Å². The van der Waals surface area contributed by atoms with Crippen molar-refractivity contribution in [1.29, 1.82) is 0 Å². The number of rotatable bonds is 8. The molecular weight excluding hydrogens is 416 g/mol. The Bertz CT molecular complexity index is 1020. The predicted molar refractivity (Wildman–Crippen MR) is 119 cm³/mol. The minimum Gasteiger partial charge on any atom is -0.493 e. The zero-order chi connectivity index (χ0) is 22.4. The van der Waals surface area contributed by atoms with E-state index < -0.39 is 10.0 Å². The first kappa shape index (κ1) is 23.1. The van der Waals surface area contributed by atoms with Crippen molar-refractivity contribution >= 4 is 15.9 Å². The van der Waals surface area contributed by atoms with Crippen molar-refractivity contribution in [2.45, 2.75) is 30.6 Å². The molecule has 8 heteroatoms. The van der Waals surface area contributed by atoms with Crippen LogP contribution in [0.4, 0.5) is 0 Å². The molecule has 7 nitrogen and oxygen atoms in total. The van der Waals surface area contributed by atoms with Crippen LogP contribution in [0.5, 0.6) is 11.5 Å². The normalized spacial score (nSPS) is 14.8. The van der Waals surface area contributed by atoms with E-state index in [0.29, 0.717) is 43.1 Å². The lowest BCUT2D eigenvalue weighted by molar-refractivity contribution is 0.0796. The summed E-state index contributed by atoms with van der Waals surface area (Å²) in [5.41, 5.74) is 1.38. The molecule has 0 spiro atoms. The largest absolute Gasteiger partial charge is 0.493 e. The summed E-state index contributed by atoms with van der Waals surface area (Å²) in [4.78, 5) is 14.7. The van der Waals surface area contributed by atoms with Gasteiger partial charge in [0, 0.05) is 32.2 Å². The Morgan fingerprint density at radius 2 is 1.71 bits per heavy atom. The van der Waals surface area contributed by atoms with Gasteiger partial charge in [-0.3, -0.25) is 4.79 Å². The average molecular weight is 447 g/mol. The molecule has 2 aromatic carbocycles. The Labute approximate surface area is 184 Å². The highest BCUT2D eigenvalue weighted by atomic mass is 32.2. The number of amides is 1. The molecule has 0 saturated carbocycles. The van der Waals surface area contributed by atoms with Crippen LogP contribution < -0.4 is 9.47 Å². The SMILES string of the molecule is COc1ccc(CCN(C)C(=O)c2cccc(S(=O)(=O)N3CCCCC3)c2)cc1OC. The minimum atomic E-state index is -3.58. The molecule has 0 aromatic heterocycles. The standard InChI is InChI=1S/C23H30N2O5S/c1-24(15-12-18-10-11-21(29-2)22(16-18)30-3)23(26)19-8-7-9-20(17-19)31(27,28)25-13-5-4-6-14-25/h7-11,16-17H,4-6,12-15H2,1-3H3. The topological polar surface area (TPSA) is 76.2 Å². The van der Waals surface area contributed by atoms with Gasteiger partial charge in [0.2, 0.25) is 10.0 Å². The van der Waals surface area contributed by atoms with Crippen molar-refractivity contribution in [2.75, 3.05) is 40.9 Å². The van der Waals surface area contributed by atoms with E-state index in [1.807, 2.05) is 18.2 Å². The molecule has 3 rings (SSSR count). The highest BCUT2D eigenvalue weighted by Crippen LogP contribution is 2.28. The zero-order valence-corrected chi connectivity index (χ0v) is 19.2. The second-order valence-electron chi connectivity index (χ2n) is 7.66. The predicted octanol–water partition coefficient (Wildman–Crippen LogP) is 3.19. The summed E-state index contributed by atoms with van der Waals surface area (Å²) in [6, 6.07) is 12.0. The lowest BCUT2D eigenvalue weighted by Gasteiger charge is -2.26. The number of hydrogen-bond acceptors (Lipinski definition) is 5. The maximum Gasteiger partial charge on any atom is 0.253 e. The molecule has 0 radical (unpaired) electrons. The summed E-state index contributed by atoms with van der Waals surface area (Å²) >= 11 is 0. The number of methoxy groups -OCH3 is 2. The van der Waals surface area contributed by atoms with Gasteiger partial charge in [-0.05, 0) is 55.2 Å². The molecular formula is C23H30N2O5S. The van der Waals surface area contributed by atoms with Gasteiger partial charge in [0.25, 0.3) is 5.91 Å². The monoisotopic (exact) mass is 446 g/mol. The Hall–Kier alpha value is -2.58. The Kier molecular flexibility index (Phi) is 7.56. The van der Waals surface area contributed by atoms with Gasteiger partial charge in [0.05, 0.1) is 19.1 Å². The highest BCUT2D eigenvalue weighted by molar-refractivity contribution is 7.89. The molecule has 2 aromatic rings. The van der Waals surface area contributed by atoms with Gasteiger partial charge < -0.3 is 14.4 Å². The van der Waals surface area contributed by atoms with E-state index in [4.69, 9.17) is 9.47 Å². The van der Waals surface area contributed by atoms with Gasteiger partial charge in [-0.25, -0.2) is 8.42 Å². The molecule has 1 heterocycles. The molecule has 1 aliphatic rings. The first-order chi connectivity index (χ1) is 14.9.